The molecule has 1 saturated heterocycles. The number of hydrogen-bond acceptors (Lipinski definition) is 3. The summed E-state index contributed by atoms with van der Waals surface area (Å²) < 4.78 is 26.2. The summed E-state index contributed by atoms with van der Waals surface area (Å²) >= 11 is 0. The highest BCUT2D eigenvalue weighted by Crippen LogP contribution is 2.10. The number of halogens is 2. The number of carbonyl (C=O) groups excluding carboxylic acids is 3. The fourth-order valence-electron chi connectivity index (χ4n) is 2.82. The molecule has 1 aromatic rings. The Morgan fingerprint density at radius 2 is 1.92 bits per heavy atom. The van der Waals surface area contributed by atoms with Gasteiger partial charge in [0.05, 0.1) is 6.42 Å². The van der Waals surface area contributed by atoms with Crippen LogP contribution >= 0.6 is 0 Å². The second kappa shape index (κ2) is 8.04. The number of amides is 3. The fraction of sp³-hybridized carbons (Fsp3) is 0.471. The van der Waals surface area contributed by atoms with Gasteiger partial charge in [0.2, 0.25) is 17.7 Å². The molecule has 0 radical (unpaired) electrons. The van der Waals surface area contributed by atoms with Gasteiger partial charge in [-0.15, -0.1) is 0 Å². The quantitative estimate of drug-likeness (QED) is 0.732. The Kier molecular flexibility index (Phi) is 6.06. The minimum absolute atomic E-state index is 0.0284. The maximum atomic E-state index is 13.1. The summed E-state index contributed by atoms with van der Waals surface area (Å²) in [5.41, 5.74) is 0.181. The average molecular weight is 353 g/mol. The maximum absolute atomic E-state index is 13.1. The normalized spacial score (nSPS) is 21.2. The summed E-state index contributed by atoms with van der Waals surface area (Å²) in [6.45, 7) is 3.35. The van der Waals surface area contributed by atoms with Crippen molar-refractivity contribution in [3.05, 3.63) is 35.4 Å². The van der Waals surface area contributed by atoms with E-state index < -0.39 is 29.5 Å². The van der Waals surface area contributed by atoms with Crippen molar-refractivity contribution in [2.24, 2.45) is 0 Å². The van der Waals surface area contributed by atoms with Crippen LogP contribution in [0.5, 0.6) is 0 Å². The van der Waals surface area contributed by atoms with E-state index in [9.17, 15) is 23.2 Å². The number of carbonyl (C=O) groups is 3. The summed E-state index contributed by atoms with van der Waals surface area (Å²) in [5, 5.41) is 7.97. The molecule has 6 nitrogen and oxygen atoms in total. The molecule has 2 rings (SSSR count). The largest absolute Gasteiger partial charge is 0.354 e. The van der Waals surface area contributed by atoms with Crippen LogP contribution in [0.1, 0.15) is 32.3 Å². The molecule has 3 N–H and O–H groups in total. The standard InChI is InChI=1S/C17H21F2N3O3/c1-9-3-14(8-16(24)20-9)22-17(25)10(2)21-15(23)6-11-4-12(18)7-13(19)5-11/h4-5,7,9-10,14H,3,6,8H2,1-2H3,(H,20,24)(H,21,23)(H,22,25)/t9?,10-,14-/m0/s1. The van der Waals surface area contributed by atoms with Crippen molar-refractivity contribution in [3.8, 4) is 0 Å². The van der Waals surface area contributed by atoms with Crippen molar-refractivity contribution < 1.29 is 23.2 Å². The van der Waals surface area contributed by atoms with Crippen molar-refractivity contribution in [2.45, 2.75) is 51.2 Å². The lowest BCUT2D eigenvalue weighted by Crippen LogP contribution is -2.53. The van der Waals surface area contributed by atoms with E-state index in [0.29, 0.717) is 6.42 Å². The van der Waals surface area contributed by atoms with Gasteiger partial charge in [0.25, 0.3) is 0 Å². The predicted molar refractivity (Wildman–Crippen MR) is 86.4 cm³/mol. The Bertz CT molecular complexity index is 661. The van der Waals surface area contributed by atoms with Gasteiger partial charge in [-0.1, -0.05) is 0 Å². The van der Waals surface area contributed by atoms with Gasteiger partial charge in [-0.3, -0.25) is 14.4 Å². The molecule has 0 aliphatic carbocycles. The molecule has 0 saturated carbocycles. The van der Waals surface area contributed by atoms with E-state index in [2.05, 4.69) is 16.0 Å². The summed E-state index contributed by atoms with van der Waals surface area (Å²) in [6, 6.07) is 1.71. The first-order valence-corrected chi connectivity index (χ1v) is 8.07. The zero-order chi connectivity index (χ0) is 18.6. The summed E-state index contributed by atoms with van der Waals surface area (Å²) in [6.07, 6.45) is 0.565. The Balaban J connectivity index is 1.85. The monoisotopic (exact) mass is 353 g/mol. The zero-order valence-electron chi connectivity index (χ0n) is 14.1. The Labute approximate surface area is 144 Å². The highest BCUT2D eigenvalue weighted by atomic mass is 19.1. The van der Waals surface area contributed by atoms with Crippen LogP contribution < -0.4 is 16.0 Å². The number of rotatable bonds is 5. The summed E-state index contributed by atoms with van der Waals surface area (Å²) in [4.78, 5) is 35.6. The minimum atomic E-state index is -0.828. The van der Waals surface area contributed by atoms with E-state index in [-0.39, 0.29) is 36.4 Å². The molecule has 3 atom stereocenters. The van der Waals surface area contributed by atoms with Crippen LogP contribution in [-0.4, -0.2) is 35.8 Å². The van der Waals surface area contributed by atoms with Crippen molar-refractivity contribution in [3.63, 3.8) is 0 Å². The molecular formula is C17H21F2N3O3. The highest BCUT2D eigenvalue weighted by Gasteiger charge is 2.27. The molecule has 1 unspecified atom stereocenters. The SMILES string of the molecule is CC1C[C@H](NC(=O)[C@H](C)NC(=O)Cc2cc(F)cc(F)c2)CC(=O)N1. The first-order chi connectivity index (χ1) is 11.7. The average Bonchev–Trinajstić information content (AvgIpc) is 2.44. The van der Waals surface area contributed by atoms with Crippen LogP contribution in [0.15, 0.2) is 18.2 Å². The van der Waals surface area contributed by atoms with Gasteiger partial charge < -0.3 is 16.0 Å². The first-order valence-electron chi connectivity index (χ1n) is 8.07. The van der Waals surface area contributed by atoms with E-state index in [1.54, 1.807) is 0 Å². The van der Waals surface area contributed by atoms with Gasteiger partial charge >= 0.3 is 0 Å². The van der Waals surface area contributed by atoms with E-state index in [0.717, 1.165) is 18.2 Å². The van der Waals surface area contributed by atoms with Gasteiger partial charge in [0.15, 0.2) is 0 Å². The summed E-state index contributed by atoms with van der Waals surface area (Å²) in [7, 11) is 0. The van der Waals surface area contributed by atoms with Gasteiger partial charge in [-0.25, -0.2) is 8.78 Å². The molecule has 25 heavy (non-hydrogen) atoms. The molecule has 1 aromatic carbocycles. The highest BCUT2D eigenvalue weighted by molar-refractivity contribution is 5.88. The zero-order valence-corrected chi connectivity index (χ0v) is 14.1. The van der Waals surface area contributed by atoms with Gasteiger partial charge in [-0.05, 0) is 38.0 Å². The Morgan fingerprint density at radius 3 is 2.52 bits per heavy atom. The van der Waals surface area contributed by atoms with Crippen molar-refractivity contribution in [2.75, 3.05) is 0 Å². The van der Waals surface area contributed by atoms with Crippen LogP contribution in [0.3, 0.4) is 0 Å². The van der Waals surface area contributed by atoms with E-state index in [1.807, 2.05) is 6.92 Å². The molecule has 1 fully saturated rings. The van der Waals surface area contributed by atoms with Gasteiger partial charge in [-0.2, -0.15) is 0 Å². The lowest BCUT2D eigenvalue weighted by molar-refractivity contribution is -0.130. The van der Waals surface area contributed by atoms with E-state index in [1.165, 1.54) is 6.92 Å². The number of hydrogen-bond donors (Lipinski definition) is 3. The van der Waals surface area contributed by atoms with Gasteiger partial charge in [0, 0.05) is 24.6 Å². The number of nitrogens with one attached hydrogen (secondary N) is 3. The minimum Gasteiger partial charge on any atom is -0.354 e. The second-order valence-electron chi connectivity index (χ2n) is 6.36. The molecule has 0 bridgehead atoms. The van der Waals surface area contributed by atoms with Crippen molar-refractivity contribution in [1.82, 2.24) is 16.0 Å². The molecule has 3 amide bonds. The van der Waals surface area contributed by atoms with Crippen LogP contribution in [0.4, 0.5) is 8.78 Å². The third kappa shape index (κ3) is 5.81. The van der Waals surface area contributed by atoms with E-state index in [4.69, 9.17) is 0 Å². The second-order valence-corrected chi connectivity index (χ2v) is 6.36. The topological polar surface area (TPSA) is 87.3 Å². The molecule has 0 aromatic heterocycles. The van der Waals surface area contributed by atoms with Gasteiger partial charge in [0.1, 0.15) is 17.7 Å². The van der Waals surface area contributed by atoms with Crippen LogP contribution in [0, 0.1) is 11.6 Å². The smallest absolute Gasteiger partial charge is 0.242 e. The van der Waals surface area contributed by atoms with Crippen LogP contribution in [0.2, 0.25) is 0 Å². The summed E-state index contributed by atoms with van der Waals surface area (Å²) in [5.74, 6) is -2.60. The van der Waals surface area contributed by atoms with Crippen LogP contribution in [-0.2, 0) is 20.8 Å². The molecule has 0 spiro atoms. The lowest BCUT2D eigenvalue weighted by Gasteiger charge is -2.29. The third-order valence-electron chi connectivity index (χ3n) is 3.88. The fourth-order valence-corrected chi connectivity index (χ4v) is 2.82. The Morgan fingerprint density at radius 1 is 1.28 bits per heavy atom. The first kappa shape index (κ1) is 18.8. The number of piperidine rings is 1. The molecule has 136 valence electrons. The molecule has 1 aliphatic rings. The predicted octanol–water partition coefficient (Wildman–Crippen LogP) is 0.795. The molecule has 8 heteroatoms. The van der Waals surface area contributed by atoms with Crippen molar-refractivity contribution >= 4 is 17.7 Å². The molecule has 1 aliphatic heterocycles. The van der Waals surface area contributed by atoms with Crippen molar-refractivity contribution in [1.29, 1.82) is 0 Å². The van der Waals surface area contributed by atoms with Crippen LogP contribution in [0.25, 0.3) is 0 Å². The maximum Gasteiger partial charge on any atom is 0.242 e. The Hall–Kier alpha value is -2.51. The lowest BCUT2D eigenvalue weighted by atomic mass is 10.00. The third-order valence-corrected chi connectivity index (χ3v) is 3.88. The number of benzene rings is 1. The molecule has 1 heterocycles. The van der Waals surface area contributed by atoms with E-state index >= 15 is 0 Å². The molecular weight excluding hydrogens is 332 g/mol.